The molecular weight excluding hydrogens is 194 g/mol. The Balaban J connectivity index is 1.99. The minimum absolute atomic E-state index is 0.938. The van der Waals surface area contributed by atoms with Crippen molar-refractivity contribution in [2.45, 2.75) is 10.9 Å². The summed E-state index contributed by atoms with van der Waals surface area (Å²) < 4.78 is 1.79. The van der Waals surface area contributed by atoms with Crippen LogP contribution in [-0.2, 0) is 12.8 Å². The van der Waals surface area contributed by atoms with Gasteiger partial charge < -0.3 is 0 Å². The molecule has 0 spiro atoms. The second kappa shape index (κ2) is 4.28. The second-order valence-corrected chi connectivity index (χ2v) is 3.88. The number of rotatable bonds is 3. The fourth-order valence-electron chi connectivity index (χ4n) is 1.14. The average molecular weight is 205 g/mol. The van der Waals surface area contributed by atoms with Crippen LogP contribution in [0.4, 0.5) is 0 Å². The Kier molecular flexibility index (Phi) is 2.84. The van der Waals surface area contributed by atoms with Crippen molar-refractivity contribution in [2.24, 2.45) is 7.05 Å². The lowest BCUT2D eigenvalue weighted by Crippen LogP contribution is -1.92. The third kappa shape index (κ3) is 2.14. The van der Waals surface area contributed by atoms with Crippen molar-refractivity contribution in [3.05, 3.63) is 42.2 Å². The lowest BCUT2D eigenvalue weighted by atomic mass is 10.2. The molecule has 14 heavy (non-hydrogen) atoms. The van der Waals surface area contributed by atoms with Crippen molar-refractivity contribution in [3.8, 4) is 0 Å². The Bertz CT molecular complexity index is 397. The van der Waals surface area contributed by atoms with Gasteiger partial charge in [-0.1, -0.05) is 42.1 Å². The highest BCUT2D eigenvalue weighted by Gasteiger charge is 2.00. The lowest BCUT2D eigenvalue weighted by Gasteiger charge is -1.99. The minimum Gasteiger partial charge on any atom is -0.244 e. The molecule has 0 N–H and O–H groups in total. The van der Waals surface area contributed by atoms with E-state index in [0.29, 0.717) is 0 Å². The normalized spacial score (nSPS) is 10.4. The molecule has 0 radical (unpaired) electrons. The van der Waals surface area contributed by atoms with E-state index in [1.807, 2.05) is 25.2 Å². The van der Waals surface area contributed by atoms with Gasteiger partial charge in [0.15, 0.2) is 5.16 Å². The smallest absolute Gasteiger partial charge is 0.186 e. The molecule has 2 aromatic rings. The van der Waals surface area contributed by atoms with E-state index < -0.39 is 0 Å². The first-order valence-electron chi connectivity index (χ1n) is 4.37. The fourth-order valence-corrected chi connectivity index (χ4v) is 1.98. The quantitative estimate of drug-likeness (QED) is 0.719. The summed E-state index contributed by atoms with van der Waals surface area (Å²) in [4.78, 5) is 4.15. The Morgan fingerprint density at radius 2 is 2.07 bits per heavy atom. The molecule has 1 aromatic carbocycles. The minimum atomic E-state index is 0.938. The number of benzene rings is 1. The van der Waals surface area contributed by atoms with Gasteiger partial charge in [0.2, 0.25) is 0 Å². The average Bonchev–Trinajstić information content (AvgIpc) is 2.63. The monoisotopic (exact) mass is 205 g/mol. The first-order chi connectivity index (χ1) is 6.86. The molecule has 0 aliphatic rings. The zero-order chi connectivity index (χ0) is 9.80. The van der Waals surface area contributed by atoms with E-state index in [1.165, 1.54) is 5.56 Å². The van der Waals surface area contributed by atoms with Crippen LogP contribution in [0.25, 0.3) is 0 Å². The maximum Gasteiger partial charge on any atom is 0.186 e. The molecule has 0 aliphatic carbocycles. The Hall–Kier alpha value is -1.29. The van der Waals surface area contributed by atoms with Gasteiger partial charge in [0.1, 0.15) is 6.33 Å². The molecule has 0 atom stereocenters. The van der Waals surface area contributed by atoms with Crippen LogP contribution >= 0.6 is 11.8 Å². The second-order valence-electron chi connectivity index (χ2n) is 2.94. The molecule has 72 valence electrons. The molecule has 0 saturated carbocycles. The van der Waals surface area contributed by atoms with Crippen LogP contribution in [0, 0.1) is 0 Å². The summed E-state index contributed by atoms with van der Waals surface area (Å²) in [7, 11) is 1.90. The molecular formula is C10H11N3S. The van der Waals surface area contributed by atoms with Crippen LogP contribution in [0.3, 0.4) is 0 Å². The van der Waals surface area contributed by atoms with E-state index in [9.17, 15) is 0 Å². The van der Waals surface area contributed by atoms with Gasteiger partial charge in [-0.15, -0.1) is 0 Å². The van der Waals surface area contributed by atoms with Crippen LogP contribution < -0.4 is 0 Å². The van der Waals surface area contributed by atoms with Gasteiger partial charge in [-0.05, 0) is 5.56 Å². The maximum atomic E-state index is 4.15. The molecule has 0 saturated heterocycles. The highest BCUT2D eigenvalue weighted by molar-refractivity contribution is 7.98. The van der Waals surface area contributed by atoms with Gasteiger partial charge in [0, 0.05) is 12.8 Å². The number of nitrogens with zero attached hydrogens (tertiary/aromatic N) is 3. The largest absolute Gasteiger partial charge is 0.244 e. The Morgan fingerprint density at radius 1 is 1.29 bits per heavy atom. The zero-order valence-electron chi connectivity index (χ0n) is 7.92. The van der Waals surface area contributed by atoms with Gasteiger partial charge in [-0.3, -0.25) is 0 Å². The summed E-state index contributed by atoms with van der Waals surface area (Å²) in [5.74, 6) is 0.938. The van der Waals surface area contributed by atoms with Crippen molar-refractivity contribution >= 4 is 11.8 Å². The van der Waals surface area contributed by atoms with E-state index in [-0.39, 0.29) is 0 Å². The number of aryl methyl sites for hydroxylation is 1. The van der Waals surface area contributed by atoms with Crippen molar-refractivity contribution < 1.29 is 0 Å². The predicted molar refractivity (Wildman–Crippen MR) is 57.0 cm³/mol. The van der Waals surface area contributed by atoms with Gasteiger partial charge >= 0.3 is 0 Å². The lowest BCUT2D eigenvalue weighted by molar-refractivity contribution is 0.685. The van der Waals surface area contributed by atoms with E-state index in [4.69, 9.17) is 0 Å². The molecule has 0 aliphatic heterocycles. The molecule has 0 bridgehead atoms. The van der Waals surface area contributed by atoms with Crippen LogP contribution in [0.15, 0.2) is 41.8 Å². The highest BCUT2D eigenvalue weighted by atomic mass is 32.2. The first kappa shape index (κ1) is 9.27. The number of thioether (sulfide) groups is 1. The Morgan fingerprint density at radius 3 is 2.71 bits per heavy atom. The molecule has 3 nitrogen and oxygen atoms in total. The molecule has 1 aromatic heterocycles. The summed E-state index contributed by atoms with van der Waals surface area (Å²) in [6, 6.07) is 10.3. The fraction of sp³-hybridized carbons (Fsp3) is 0.200. The maximum absolute atomic E-state index is 4.15. The van der Waals surface area contributed by atoms with Crippen molar-refractivity contribution in [3.63, 3.8) is 0 Å². The molecule has 2 rings (SSSR count). The summed E-state index contributed by atoms with van der Waals surface area (Å²) in [6.45, 7) is 0. The van der Waals surface area contributed by atoms with Crippen LogP contribution in [-0.4, -0.2) is 14.8 Å². The van der Waals surface area contributed by atoms with Gasteiger partial charge in [-0.25, -0.2) is 9.67 Å². The summed E-state index contributed by atoms with van der Waals surface area (Å²) in [5.41, 5.74) is 1.31. The van der Waals surface area contributed by atoms with E-state index in [0.717, 1.165) is 10.9 Å². The third-order valence-corrected chi connectivity index (χ3v) is 2.99. The number of hydrogen-bond donors (Lipinski definition) is 0. The summed E-state index contributed by atoms with van der Waals surface area (Å²) in [5, 5.41) is 4.97. The molecule has 0 amide bonds. The molecule has 0 fully saturated rings. The summed E-state index contributed by atoms with van der Waals surface area (Å²) >= 11 is 1.70. The zero-order valence-corrected chi connectivity index (χ0v) is 8.74. The first-order valence-corrected chi connectivity index (χ1v) is 5.35. The third-order valence-electron chi connectivity index (χ3n) is 1.88. The highest BCUT2D eigenvalue weighted by Crippen LogP contribution is 2.18. The molecule has 4 heteroatoms. The van der Waals surface area contributed by atoms with E-state index in [1.54, 1.807) is 22.8 Å². The topological polar surface area (TPSA) is 30.7 Å². The van der Waals surface area contributed by atoms with Crippen LogP contribution in [0.5, 0.6) is 0 Å². The SMILES string of the molecule is Cn1ncnc1SCc1ccccc1. The van der Waals surface area contributed by atoms with E-state index in [2.05, 4.69) is 22.2 Å². The Labute approximate surface area is 87.2 Å². The van der Waals surface area contributed by atoms with Crippen molar-refractivity contribution in [1.82, 2.24) is 14.8 Å². The van der Waals surface area contributed by atoms with Crippen molar-refractivity contribution in [1.29, 1.82) is 0 Å². The summed E-state index contributed by atoms with van der Waals surface area (Å²) in [6.07, 6.45) is 1.58. The van der Waals surface area contributed by atoms with Gasteiger partial charge in [0.25, 0.3) is 0 Å². The molecule has 1 heterocycles. The van der Waals surface area contributed by atoms with Crippen LogP contribution in [0.1, 0.15) is 5.56 Å². The van der Waals surface area contributed by atoms with E-state index >= 15 is 0 Å². The van der Waals surface area contributed by atoms with Crippen LogP contribution in [0.2, 0.25) is 0 Å². The number of aromatic nitrogens is 3. The standard InChI is InChI=1S/C10H11N3S/c1-13-10(11-8-12-13)14-7-9-5-3-2-4-6-9/h2-6,8H,7H2,1H3. The van der Waals surface area contributed by atoms with Crippen molar-refractivity contribution in [2.75, 3.05) is 0 Å². The molecule has 0 unspecified atom stereocenters. The van der Waals surface area contributed by atoms with Gasteiger partial charge in [0.05, 0.1) is 0 Å². The predicted octanol–water partition coefficient (Wildman–Crippen LogP) is 2.11. The number of hydrogen-bond acceptors (Lipinski definition) is 3. The van der Waals surface area contributed by atoms with Gasteiger partial charge in [-0.2, -0.15) is 5.10 Å².